The van der Waals surface area contributed by atoms with Crippen LogP contribution in [0.25, 0.3) is 77.2 Å². The van der Waals surface area contributed by atoms with Gasteiger partial charge in [0.15, 0.2) is 0 Å². The predicted octanol–water partition coefficient (Wildman–Crippen LogP) is 11.0. The molecule has 9 rings (SSSR count). The van der Waals surface area contributed by atoms with Crippen molar-refractivity contribution in [1.29, 1.82) is 21.0 Å². The number of nitriles is 4. The summed E-state index contributed by atoms with van der Waals surface area (Å²) in [6.07, 6.45) is 0. The standard InChI is InChI=1S/C46H22N4/c47-23-31(24-48)45-41-19-29(35-13-5-9-27-7-1-3-11-33(27)35)15-17-37(41)39-21-44-40(22-43(39)45)38-18-16-30(20-42(38)46(44)32(25-49)26-50)36-14-6-10-28-8-2-4-12-34(28)36/h1-22H. The summed E-state index contributed by atoms with van der Waals surface area (Å²) < 4.78 is 0. The van der Waals surface area contributed by atoms with E-state index >= 15 is 0 Å². The summed E-state index contributed by atoms with van der Waals surface area (Å²) in [4.78, 5) is 0. The first kappa shape index (κ1) is 28.7. The molecular weight excluding hydrogens is 609 g/mol. The summed E-state index contributed by atoms with van der Waals surface area (Å²) in [6, 6.07) is 54.0. The molecule has 0 spiro atoms. The van der Waals surface area contributed by atoms with Crippen molar-refractivity contribution in [2.75, 3.05) is 0 Å². The fraction of sp³-hybridized carbons (Fsp3) is 0. The number of fused-ring (bicyclic) bond motifs is 8. The van der Waals surface area contributed by atoms with Gasteiger partial charge < -0.3 is 0 Å². The third-order valence-corrected chi connectivity index (χ3v) is 10.0. The maximum absolute atomic E-state index is 10.2. The summed E-state index contributed by atoms with van der Waals surface area (Å²) in [5, 5.41) is 45.3. The molecule has 4 heteroatoms. The number of hydrogen-bond donors (Lipinski definition) is 0. The number of allylic oxidation sites excluding steroid dienone is 2. The third-order valence-electron chi connectivity index (χ3n) is 10.0. The summed E-state index contributed by atoms with van der Waals surface area (Å²) >= 11 is 0. The predicted molar refractivity (Wildman–Crippen MR) is 198 cm³/mol. The highest BCUT2D eigenvalue weighted by atomic mass is 14.4. The number of rotatable bonds is 2. The Balaban J connectivity index is 1.28. The Morgan fingerprint density at radius 1 is 0.320 bits per heavy atom. The zero-order chi connectivity index (χ0) is 33.9. The lowest BCUT2D eigenvalue weighted by Gasteiger charge is -2.10. The van der Waals surface area contributed by atoms with Crippen LogP contribution in [0.15, 0.2) is 145 Å². The van der Waals surface area contributed by atoms with Crippen LogP contribution in [0.2, 0.25) is 0 Å². The van der Waals surface area contributed by atoms with Crippen molar-refractivity contribution in [2.24, 2.45) is 0 Å². The van der Waals surface area contributed by atoms with Crippen LogP contribution in [0.4, 0.5) is 0 Å². The van der Waals surface area contributed by atoms with Crippen LogP contribution in [0.3, 0.4) is 0 Å². The minimum atomic E-state index is 0.0371. The number of benzene rings is 7. The van der Waals surface area contributed by atoms with Crippen molar-refractivity contribution in [1.82, 2.24) is 0 Å². The van der Waals surface area contributed by atoms with Crippen molar-refractivity contribution in [3.8, 4) is 68.8 Å². The minimum Gasteiger partial charge on any atom is -0.192 e. The fourth-order valence-electron chi connectivity index (χ4n) is 7.82. The summed E-state index contributed by atoms with van der Waals surface area (Å²) in [5.41, 5.74) is 12.1. The Hall–Kier alpha value is -7.50. The SMILES string of the molecule is N#CC(C#N)=C1c2cc(-c3cccc4ccccc34)ccc2-c2cc3c(cc21)-c1ccc(-c2cccc4ccccc24)cc1C3=C(C#N)C#N. The van der Waals surface area contributed by atoms with Crippen LogP contribution in [0.5, 0.6) is 0 Å². The van der Waals surface area contributed by atoms with E-state index in [2.05, 4.69) is 109 Å². The van der Waals surface area contributed by atoms with Crippen LogP contribution in [-0.2, 0) is 0 Å². The van der Waals surface area contributed by atoms with Crippen molar-refractivity contribution >= 4 is 32.7 Å². The molecule has 0 bridgehead atoms. The first-order valence-corrected chi connectivity index (χ1v) is 16.2. The molecule has 0 N–H and O–H groups in total. The van der Waals surface area contributed by atoms with Gasteiger partial charge in [0, 0.05) is 11.1 Å². The van der Waals surface area contributed by atoms with Crippen molar-refractivity contribution < 1.29 is 0 Å². The summed E-state index contributed by atoms with van der Waals surface area (Å²) in [5.74, 6) is 0. The highest BCUT2D eigenvalue weighted by Crippen LogP contribution is 2.54. The molecule has 0 radical (unpaired) electrons. The Bertz CT molecular complexity index is 2670. The molecule has 2 aliphatic rings. The van der Waals surface area contributed by atoms with Gasteiger partial charge in [0.05, 0.1) is 0 Å². The van der Waals surface area contributed by atoms with E-state index in [1.807, 2.05) is 48.5 Å². The molecular formula is C46H22N4. The van der Waals surface area contributed by atoms with Crippen LogP contribution in [-0.4, -0.2) is 0 Å². The summed E-state index contributed by atoms with van der Waals surface area (Å²) in [6.45, 7) is 0. The topological polar surface area (TPSA) is 95.2 Å². The Labute approximate surface area is 288 Å². The molecule has 0 amide bonds. The smallest absolute Gasteiger partial charge is 0.138 e. The minimum absolute atomic E-state index is 0.0371. The lowest BCUT2D eigenvalue weighted by molar-refractivity contribution is 1.45. The molecule has 0 aromatic heterocycles. The molecule has 0 aliphatic heterocycles. The average Bonchev–Trinajstić information content (AvgIpc) is 3.65. The van der Waals surface area contributed by atoms with Gasteiger partial charge >= 0.3 is 0 Å². The van der Waals surface area contributed by atoms with Crippen molar-refractivity contribution in [2.45, 2.75) is 0 Å². The molecule has 0 fully saturated rings. The van der Waals surface area contributed by atoms with Gasteiger partial charge in [0.2, 0.25) is 0 Å². The van der Waals surface area contributed by atoms with Crippen LogP contribution < -0.4 is 0 Å². The van der Waals surface area contributed by atoms with E-state index in [-0.39, 0.29) is 11.1 Å². The molecule has 2 aliphatic carbocycles. The van der Waals surface area contributed by atoms with E-state index in [0.29, 0.717) is 11.1 Å². The number of hydrogen-bond acceptors (Lipinski definition) is 4. The molecule has 7 aromatic rings. The lowest BCUT2D eigenvalue weighted by Crippen LogP contribution is -1.91. The van der Waals surface area contributed by atoms with E-state index < -0.39 is 0 Å². The van der Waals surface area contributed by atoms with Crippen LogP contribution in [0.1, 0.15) is 22.3 Å². The monoisotopic (exact) mass is 630 g/mol. The molecule has 7 aromatic carbocycles. The van der Waals surface area contributed by atoms with Gasteiger partial charge in [0.1, 0.15) is 35.4 Å². The second-order valence-corrected chi connectivity index (χ2v) is 12.5. The van der Waals surface area contributed by atoms with Crippen molar-refractivity contribution in [3.63, 3.8) is 0 Å². The van der Waals surface area contributed by atoms with Gasteiger partial charge in [-0.15, -0.1) is 0 Å². The molecule has 0 saturated carbocycles. The first-order chi connectivity index (χ1) is 24.6. The fourth-order valence-corrected chi connectivity index (χ4v) is 7.82. The summed E-state index contributed by atoms with van der Waals surface area (Å²) in [7, 11) is 0. The third kappa shape index (κ3) is 4.08. The molecule has 0 atom stereocenters. The highest BCUT2D eigenvalue weighted by molar-refractivity contribution is 6.12. The first-order valence-electron chi connectivity index (χ1n) is 16.2. The Morgan fingerprint density at radius 3 is 1.12 bits per heavy atom. The van der Waals surface area contributed by atoms with Gasteiger partial charge in [-0.25, -0.2) is 0 Å². The van der Waals surface area contributed by atoms with Gasteiger partial charge in [-0.2, -0.15) is 21.0 Å². The van der Waals surface area contributed by atoms with Gasteiger partial charge in [-0.3, -0.25) is 0 Å². The van der Waals surface area contributed by atoms with E-state index in [0.717, 1.165) is 88.3 Å². The zero-order valence-corrected chi connectivity index (χ0v) is 26.5. The van der Waals surface area contributed by atoms with E-state index in [9.17, 15) is 21.0 Å². The van der Waals surface area contributed by atoms with Crippen LogP contribution >= 0.6 is 0 Å². The van der Waals surface area contributed by atoms with Gasteiger partial charge in [-0.1, -0.05) is 109 Å². The zero-order valence-electron chi connectivity index (χ0n) is 26.5. The number of nitrogens with zero attached hydrogens (tertiary/aromatic N) is 4. The second-order valence-electron chi connectivity index (χ2n) is 12.5. The lowest BCUT2D eigenvalue weighted by atomic mass is 9.92. The van der Waals surface area contributed by atoms with Gasteiger partial charge in [-0.05, 0) is 113 Å². The maximum atomic E-state index is 10.2. The normalized spacial score (nSPS) is 11.8. The maximum Gasteiger partial charge on any atom is 0.138 e. The molecule has 226 valence electrons. The molecule has 0 unspecified atom stereocenters. The highest BCUT2D eigenvalue weighted by Gasteiger charge is 2.34. The van der Waals surface area contributed by atoms with E-state index in [4.69, 9.17) is 0 Å². The molecule has 50 heavy (non-hydrogen) atoms. The second kappa shape index (κ2) is 11.0. The molecule has 0 saturated heterocycles. The average molecular weight is 631 g/mol. The largest absolute Gasteiger partial charge is 0.192 e. The Kier molecular flexibility index (Phi) is 6.34. The molecule has 4 nitrogen and oxygen atoms in total. The van der Waals surface area contributed by atoms with Crippen molar-refractivity contribution in [3.05, 3.63) is 167 Å². The van der Waals surface area contributed by atoms with Crippen LogP contribution in [0, 0.1) is 45.3 Å². The Morgan fingerprint density at radius 2 is 0.700 bits per heavy atom. The van der Waals surface area contributed by atoms with Gasteiger partial charge in [0.25, 0.3) is 0 Å². The quantitative estimate of drug-likeness (QED) is 0.178. The van der Waals surface area contributed by atoms with E-state index in [1.165, 1.54) is 0 Å². The van der Waals surface area contributed by atoms with E-state index in [1.54, 1.807) is 0 Å². The molecule has 0 heterocycles.